The molecule has 1 fully saturated rings. The SMILES string of the molecule is O=C(c1ccoc1)N1CCC(NS(=O)(=O)c2ccc(F)cc2F)CC1. The van der Waals surface area contributed by atoms with Crippen LogP contribution in [0.4, 0.5) is 8.78 Å². The smallest absolute Gasteiger partial charge is 0.257 e. The highest BCUT2D eigenvalue weighted by Gasteiger charge is 2.28. The predicted molar refractivity (Wildman–Crippen MR) is 84.3 cm³/mol. The minimum Gasteiger partial charge on any atom is -0.472 e. The van der Waals surface area contributed by atoms with Crippen LogP contribution in [-0.2, 0) is 10.0 Å². The molecule has 0 bridgehead atoms. The molecule has 134 valence electrons. The molecule has 1 aromatic carbocycles. The van der Waals surface area contributed by atoms with Gasteiger partial charge in [0.25, 0.3) is 5.91 Å². The highest BCUT2D eigenvalue weighted by Crippen LogP contribution is 2.19. The van der Waals surface area contributed by atoms with Gasteiger partial charge in [0.2, 0.25) is 10.0 Å². The summed E-state index contributed by atoms with van der Waals surface area (Å²) in [5.74, 6) is -2.16. The molecule has 0 saturated carbocycles. The number of carbonyl (C=O) groups excluding carboxylic acids is 1. The second-order valence-corrected chi connectivity index (χ2v) is 7.46. The summed E-state index contributed by atoms with van der Waals surface area (Å²) in [6.45, 7) is 0.728. The second-order valence-electron chi connectivity index (χ2n) is 5.77. The molecule has 25 heavy (non-hydrogen) atoms. The van der Waals surface area contributed by atoms with E-state index in [1.54, 1.807) is 11.0 Å². The first-order valence-corrected chi connectivity index (χ1v) is 9.14. The highest BCUT2D eigenvalue weighted by molar-refractivity contribution is 7.89. The summed E-state index contributed by atoms with van der Waals surface area (Å²) in [5, 5.41) is 0. The number of hydrogen-bond donors (Lipinski definition) is 1. The van der Waals surface area contributed by atoms with Gasteiger partial charge in [-0.05, 0) is 31.0 Å². The maximum Gasteiger partial charge on any atom is 0.257 e. The van der Waals surface area contributed by atoms with Crippen molar-refractivity contribution < 1.29 is 26.4 Å². The minimum absolute atomic E-state index is 0.181. The number of likely N-dealkylation sites (tertiary alicyclic amines) is 1. The van der Waals surface area contributed by atoms with Crippen LogP contribution < -0.4 is 4.72 Å². The van der Waals surface area contributed by atoms with Crippen molar-refractivity contribution in [2.45, 2.75) is 23.8 Å². The van der Waals surface area contributed by atoms with Gasteiger partial charge in [-0.1, -0.05) is 0 Å². The molecule has 2 heterocycles. The van der Waals surface area contributed by atoms with Gasteiger partial charge in [-0.25, -0.2) is 21.9 Å². The van der Waals surface area contributed by atoms with Crippen molar-refractivity contribution in [3.63, 3.8) is 0 Å². The number of benzene rings is 1. The topological polar surface area (TPSA) is 79.6 Å². The standard InChI is InChI=1S/C16H16F2N2O4S/c17-12-1-2-15(14(18)9-12)25(22,23)19-13-3-6-20(7-4-13)16(21)11-5-8-24-10-11/h1-2,5,8-10,13,19H,3-4,6-7H2. The summed E-state index contributed by atoms with van der Waals surface area (Å²) in [5.41, 5.74) is 0.437. The zero-order chi connectivity index (χ0) is 18.0. The van der Waals surface area contributed by atoms with E-state index in [1.807, 2.05) is 0 Å². The van der Waals surface area contributed by atoms with Crippen molar-refractivity contribution in [3.05, 3.63) is 54.0 Å². The first-order valence-electron chi connectivity index (χ1n) is 7.66. The van der Waals surface area contributed by atoms with Crippen LogP contribution in [0.15, 0.2) is 46.1 Å². The number of sulfonamides is 1. The quantitative estimate of drug-likeness (QED) is 0.894. The number of nitrogens with zero attached hydrogens (tertiary/aromatic N) is 1. The van der Waals surface area contributed by atoms with Crippen molar-refractivity contribution in [3.8, 4) is 0 Å². The first kappa shape index (κ1) is 17.6. The number of halogens is 2. The third-order valence-corrected chi connectivity index (χ3v) is 5.61. The Bertz CT molecular complexity index is 860. The Hall–Kier alpha value is -2.26. The van der Waals surface area contributed by atoms with Crippen LogP contribution in [0.1, 0.15) is 23.2 Å². The lowest BCUT2D eigenvalue weighted by atomic mass is 10.1. The van der Waals surface area contributed by atoms with E-state index in [0.29, 0.717) is 37.6 Å². The molecule has 1 N–H and O–H groups in total. The summed E-state index contributed by atoms with van der Waals surface area (Å²) in [4.78, 5) is 13.2. The van der Waals surface area contributed by atoms with Crippen LogP contribution in [0.2, 0.25) is 0 Å². The molecule has 0 unspecified atom stereocenters. The monoisotopic (exact) mass is 370 g/mol. The molecule has 3 rings (SSSR count). The summed E-state index contributed by atoms with van der Waals surface area (Å²) in [6.07, 6.45) is 3.55. The number of rotatable bonds is 4. The van der Waals surface area contributed by atoms with E-state index < -0.39 is 32.6 Å². The predicted octanol–water partition coefficient (Wildman–Crippen LogP) is 2.14. The molecule has 9 heteroatoms. The third-order valence-electron chi connectivity index (χ3n) is 4.06. The Morgan fingerprint density at radius 2 is 1.92 bits per heavy atom. The zero-order valence-corrected chi connectivity index (χ0v) is 13.9. The van der Waals surface area contributed by atoms with Gasteiger partial charge in [0.05, 0.1) is 11.8 Å². The number of furan rings is 1. The molecule has 0 atom stereocenters. The van der Waals surface area contributed by atoms with Gasteiger partial charge in [0.15, 0.2) is 0 Å². The van der Waals surface area contributed by atoms with Gasteiger partial charge in [-0.3, -0.25) is 4.79 Å². The molecule has 0 aliphatic carbocycles. The number of nitrogens with one attached hydrogen (secondary N) is 1. The lowest BCUT2D eigenvalue weighted by Gasteiger charge is -2.32. The van der Waals surface area contributed by atoms with E-state index >= 15 is 0 Å². The largest absolute Gasteiger partial charge is 0.472 e. The van der Waals surface area contributed by atoms with Crippen LogP contribution in [0.3, 0.4) is 0 Å². The van der Waals surface area contributed by atoms with Crippen molar-refractivity contribution in [1.82, 2.24) is 9.62 Å². The van der Waals surface area contributed by atoms with Crippen LogP contribution in [0.25, 0.3) is 0 Å². The maximum absolute atomic E-state index is 13.7. The van der Waals surface area contributed by atoms with E-state index in [2.05, 4.69) is 4.72 Å². The molecule has 1 amide bonds. The average molecular weight is 370 g/mol. The van der Waals surface area contributed by atoms with E-state index in [4.69, 9.17) is 4.42 Å². The Balaban J connectivity index is 1.62. The van der Waals surface area contributed by atoms with Gasteiger partial charge in [0, 0.05) is 25.2 Å². The Kier molecular flexibility index (Phi) is 4.87. The summed E-state index contributed by atoms with van der Waals surface area (Å²) < 4.78 is 58.5. The highest BCUT2D eigenvalue weighted by atomic mass is 32.2. The molecule has 1 aliphatic heterocycles. The molecule has 0 radical (unpaired) electrons. The summed E-state index contributed by atoms with van der Waals surface area (Å²) in [7, 11) is -4.10. The van der Waals surface area contributed by atoms with E-state index in [-0.39, 0.29) is 5.91 Å². The number of piperidine rings is 1. The summed E-state index contributed by atoms with van der Waals surface area (Å²) in [6, 6.07) is 3.45. The molecule has 1 saturated heterocycles. The minimum atomic E-state index is -4.10. The van der Waals surface area contributed by atoms with Gasteiger partial charge < -0.3 is 9.32 Å². The fourth-order valence-corrected chi connectivity index (χ4v) is 4.11. The Morgan fingerprint density at radius 1 is 1.20 bits per heavy atom. The molecule has 6 nitrogen and oxygen atoms in total. The Morgan fingerprint density at radius 3 is 2.52 bits per heavy atom. The molecule has 0 spiro atoms. The summed E-state index contributed by atoms with van der Waals surface area (Å²) >= 11 is 0. The van der Waals surface area contributed by atoms with Crippen LogP contribution in [0.5, 0.6) is 0 Å². The number of hydrogen-bond acceptors (Lipinski definition) is 4. The van der Waals surface area contributed by atoms with E-state index in [0.717, 1.165) is 12.1 Å². The second kappa shape index (κ2) is 6.93. The van der Waals surface area contributed by atoms with Crippen LogP contribution in [-0.4, -0.2) is 38.4 Å². The molecular formula is C16H16F2N2O4S. The zero-order valence-electron chi connectivity index (χ0n) is 13.1. The number of amides is 1. The van der Waals surface area contributed by atoms with Crippen molar-refractivity contribution in [2.75, 3.05) is 13.1 Å². The third kappa shape index (κ3) is 3.88. The van der Waals surface area contributed by atoms with Crippen molar-refractivity contribution >= 4 is 15.9 Å². The molecule has 1 aromatic heterocycles. The average Bonchev–Trinajstić information content (AvgIpc) is 3.08. The van der Waals surface area contributed by atoms with E-state index in [1.165, 1.54) is 12.5 Å². The van der Waals surface area contributed by atoms with Gasteiger partial charge in [-0.15, -0.1) is 0 Å². The van der Waals surface area contributed by atoms with Crippen molar-refractivity contribution in [1.29, 1.82) is 0 Å². The van der Waals surface area contributed by atoms with Crippen LogP contribution >= 0.6 is 0 Å². The maximum atomic E-state index is 13.7. The fourth-order valence-electron chi connectivity index (χ4n) is 2.75. The molecular weight excluding hydrogens is 354 g/mol. The van der Waals surface area contributed by atoms with Gasteiger partial charge >= 0.3 is 0 Å². The molecule has 1 aliphatic rings. The molecule has 2 aromatic rings. The van der Waals surface area contributed by atoms with Crippen molar-refractivity contribution in [2.24, 2.45) is 0 Å². The van der Waals surface area contributed by atoms with E-state index in [9.17, 15) is 22.0 Å². The Labute approximate surface area is 143 Å². The van der Waals surface area contributed by atoms with Gasteiger partial charge in [-0.2, -0.15) is 0 Å². The normalized spacial score (nSPS) is 16.2. The lowest BCUT2D eigenvalue weighted by Crippen LogP contribution is -2.46. The van der Waals surface area contributed by atoms with Gasteiger partial charge in [0.1, 0.15) is 22.8 Å². The van der Waals surface area contributed by atoms with Crippen LogP contribution in [0, 0.1) is 11.6 Å². The lowest BCUT2D eigenvalue weighted by molar-refractivity contribution is 0.0710. The number of carbonyl (C=O) groups is 1. The fraction of sp³-hybridized carbons (Fsp3) is 0.312. The first-order chi connectivity index (χ1) is 11.9.